The van der Waals surface area contributed by atoms with Gasteiger partial charge in [0.25, 0.3) is 0 Å². The Morgan fingerprint density at radius 3 is 2.26 bits per heavy atom. The summed E-state index contributed by atoms with van der Waals surface area (Å²) in [6.45, 7) is 0.784. The molecule has 0 aliphatic rings. The lowest BCUT2D eigenvalue weighted by Gasteiger charge is -2.00. The van der Waals surface area contributed by atoms with Gasteiger partial charge in [0.2, 0.25) is 0 Å². The normalized spacial score (nSPS) is 10.8. The van der Waals surface area contributed by atoms with Gasteiger partial charge in [-0.05, 0) is 22.6 Å². The third kappa shape index (κ3) is 2.96. The van der Waals surface area contributed by atoms with Gasteiger partial charge in [0.1, 0.15) is 5.69 Å². The van der Waals surface area contributed by atoms with Crippen molar-refractivity contribution in [3.05, 3.63) is 89.9 Å². The van der Waals surface area contributed by atoms with Crippen molar-refractivity contribution < 1.29 is 0 Å². The van der Waals surface area contributed by atoms with E-state index < -0.39 is 0 Å². The second kappa shape index (κ2) is 6.23. The molecule has 4 aromatic rings. The molecule has 23 heavy (non-hydrogen) atoms. The van der Waals surface area contributed by atoms with Crippen LogP contribution in [0.15, 0.2) is 84.4 Å². The molecule has 2 aromatic carbocycles. The summed E-state index contributed by atoms with van der Waals surface area (Å²) < 4.78 is 2.03. The van der Waals surface area contributed by atoms with E-state index in [2.05, 4.69) is 72.2 Å². The highest BCUT2D eigenvalue weighted by molar-refractivity contribution is 7.13. The summed E-state index contributed by atoms with van der Waals surface area (Å²) in [6, 6.07) is 25.1. The maximum atomic E-state index is 4.85. The van der Waals surface area contributed by atoms with E-state index >= 15 is 0 Å². The Balaban J connectivity index is 1.78. The standard InChI is InChI=1S/C20H16N2S/c1-3-8-16(9-4-1)14-22-15-18(17-10-5-2-6-11-17)20(21-22)19-12-7-13-23-19/h1-13,15H,14H2. The van der Waals surface area contributed by atoms with Crippen LogP contribution in [0.5, 0.6) is 0 Å². The molecule has 2 nitrogen and oxygen atoms in total. The van der Waals surface area contributed by atoms with Crippen molar-refractivity contribution in [2.45, 2.75) is 6.54 Å². The molecule has 0 unspecified atom stereocenters. The summed E-state index contributed by atoms with van der Waals surface area (Å²) in [5, 5.41) is 6.95. The second-order valence-electron chi connectivity index (χ2n) is 5.42. The first-order valence-corrected chi connectivity index (χ1v) is 8.49. The van der Waals surface area contributed by atoms with Crippen molar-refractivity contribution in [3.8, 4) is 21.7 Å². The third-order valence-electron chi connectivity index (χ3n) is 3.79. The Bertz CT molecular complexity index is 878. The van der Waals surface area contributed by atoms with Crippen molar-refractivity contribution >= 4 is 11.3 Å². The van der Waals surface area contributed by atoms with Crippen molar-refractivity contribution in [1.82, 2.24) is 9.78 Å². The van der Waals surface area contributed by atoms with Gasteiger partial charge in [-0.25, -0.2) is 0 Å². The van der Waals surface area contributed by atoms with E-state index in [9.17, 15) is 0 Å². The molecule has 0 radical (unpaired) electrons. The smallest absolute Gasteiger partial charge is 0.110 e. The highest BCUT2D eigenvalue weighted by atomic mass is 32.1. The number of nitrogens with zero attached hydrogens (tertiary/aromatic N) is 2. The van der Waals surface area contributed by atoms with Crippen LogP contribution in [0.3, 0.4) is 0 Å². The average molecular weight is 316 g/mol. The number of hydrogen-bond acceptors (Lipinski definition) is 2. The monoisotopic (exact) mass is 316 g/mol. The van der Waals surface area contributed by atoms with Crippen LogP contribution in [0, 0.1) is 0 Å². The third-order valence-corrected chi connectivity index (χ3v) is 4.67. The Hall–Kier alpha value is -2.65. The lowest BCUT2D eigenvalue weighted by molar-refractivity contribution is 0.690. The Labute approximate surface area is 139 Å². The van der Waals surface area contributed by atoms with Gasteiger partial charge in [-0.3, -0.25) is 4.68 Å². The Kier molecular flexibility index (Phi) is 3.78. The lowest BCUT2D eigenvalue weighted by atomic mass is 10.1. The van der Waals surface area contributed by atoms with E-state index in [1.54, 1.807) is 11.3 Å². The quantitative estimate of drug-likeness (QED) is 0.498. The summed E-state index contributed by atoms with van der Waals surface area (Å²) in [7, 11) is 0. The molecule has 112 valence electrons. The fraction of sp³-hybridized carbons (Fsp3) is 0.0500. The molecular weight excluding hydrogens is 300 g/mol. The van der Waals surface area contributed by atoms with Crippen LogP contribution in [-0.4, -0.2) is 9.78 Å². The predicted octanol–water partition coefficient (Wildman–Crippen LogP) is 5.33. The topological polar surface area (TPSA) is 17.8 Å². The molecule has 0 saturated heterocycles. The van der Waals surface area contributed by atoms with E-state index in [0.29, 0.717) is 0 Å². The molecule has 3 heteroatoms. The van der Waals surface area contributed by atoms with Crippen LogP contribution in [0.2, 0.25) is 0 Å². The maximum absolute atomic E-state index is 4.85. The van der Waals surface area contributed by atoms with Crippen LogP contribution in [0.4, 0.5) is 0 Å². The first kappa shape index (κ1) is 14.0. The van der Waals surface area contributed by atoms with Crippen LogP contribution in [0.25, 0.3) is 21.7 Å². The number of aromatic nitrogens is 2. The van der Waals surface area contributed by atoms with Crippen molar-refractivity contribution in [3.63, 3.8) is 0 Å². The zero-order chi connectivity index (χ0) is 15.5. The second-order valence-corrected chi connectivity index (χ2v) is 6.37. The first-order chi connectivity index (χ1) is 11.4. The highest BCUT2D eigenvalue weighted by Gasteiger charge is 2.13. The number of hydrogen-bond donors (Lipinski definition) is 0. The van der Waals surface area contributed by atoms with Crippen molar-refractivity contribution in [1.29, 1.82) is 0 Å². The molecule has 0 fully saturated rings. The van der Waals surface area contributed by atoms with Gasteiger partial charge in [0.05, 0.1) is 11.4 Å². The summed E-state index contributed by atoms with van der Waals surface area (Å²) in [4.78, 5) is 1.20. The zero-order valence-corrected chi connectivity index (χ0v) is 13.4. The van der Waals surface area contributed by atoms with E-state index in [4.69, 9.17) is 5.10 Å². The van der Waals surface area contributed by atoms with Gasteiger partial charge < -0.3 is 0 Å². The molecule has 0 saturated carbocycles. The van der Waals surface area contributed by atoms with Crippen molar-refractivity contribution in [2.75, 3.05) is 0 Å². The van der Waals surface area contributed by atoms with Crippen LogP contribution < -0.4 is 0 Å². The number of thiophene rings is 1. The predicted molar refractivity (Wildman–Crippen MR) is 96.5 cm³/mol. The van der Waals surface area contributed by atoms with Gasteiger partial charge in [-0.2, -0.15) is 5.10 Å². The molecule has 0 amide bonds. The number of rotatable bonds is 4. The summed E-state index contributed by atoms with van der Waals surface area (Å²) in [6.07, 6.45) is 2.15. The SMILES string of the molecule is c1ccc(Cn2cc(-c3ccccc3)c(-c3cccs3)n2)cc1. The van der Waals surface area contributed by atoms with Crippen LogP contribution in [-0.2, 0) is 6.54 Å². The van der Waals surface area contributed by atoms with Crippen LogP contribution >= 0.6 is 11.3 Å². The van der Waals surface area contributed by atoms with Gasteiger partial charge in [0.15, 0.2) is 0 Å². The summed E-state index contributed by atoms with van der Waals surface area (Å²) in [5.41, 5.74) is 4.70. The van der Waals surface area contributed by atoms with Gasteiger partial charge in [0, 0.05) is 11.8 Å². The molecule has 0 atom stereocenters. The van der Waals surface area contributed by atoms with Crippen LogP contribution in [0.1, 0.15) is 5.56 Å². The minimum absolute atomic E-state index is 0.784. The maximum Gasteiger partial charge on any atom is 0.110 e. The van der Waals surface area contributed by atoms with Gasteiger partial charge in [-0.15, -0.1) is 11.3 Å². The highest BCUT2D eigenvalue weighted by Crippen LogP contribution is 2.33. The Morgan fingerprint density at radius 2 is 1.57 bits per heavy atom. The zero-order valence-electron chi connectivity index (χ0n) is 12.6. The molecule has 0 bridgehead atoms. The molecule has 0 spiro atoms. The van der Waals surface area contributed by atoms with Gasteiger partial charge >= 0.3 is 0 Å². The van der Waals surface area contributed by atoms with Gasteiger partial charge in [-0.1, -0.05) is 66.7 Å². The summed E-state index contributed by atoms with van der Waals surface area (Å²) >= 11 is 1.73. The number of benzene rings is 2. The van der Waals surface area contributed by atoms with E-state index in [0.717, 1.165) is 12.2 Å². The minimum atomic E-state index is 0.784. The molecule has 0 N–H and O–H groups in total. The molecule has 0 aliphatic carbocycles. The Morgan fingerprint density at radius 1 is 0.826 bits per heavy atom. The molecular formula is C20H16N2S. The van der Waals surface area contributed by atoms with E-state index in [1.165, 1.54) is 21.6 Å². The molecule has 0 aliphatic heterocycles. The van der Waals surface area contributed by atoms with E-state index in [1.807, 2.05) is 16.8 Å². The fourth-order valence-corrected chi connectivity index (χ4v) is 3.42. The van der Waals surface area contributed by atoms with E-state index in [-0.39, 0.29) is 0 Å². The lowest BCUT2D eigenvalue weighted by Crippen LogP contribution is -1.99. The molecule has 2 heterocycles. The molecule has 4 rings (SSSR count). The fourth-order valence-electron chi connectivity index (χ4n) is 2.70. The largest absolute Gasteiger partial charge is 0.267 e. The first-order valence-electron chi connectivity index (χ1n) is 7.61. The molecule has 2 aromatic heterocycles. The van der Waals surface area contributed by atoms with Crippen molar-refractivity contribution in [2.24, 2.45) is 0 Å². The average Bonchev–Trinajstić information content (AvgIpc) is 3.26. The minimum Gasteiger partial charge on any atom is -0.267 e. The summed E-state index contributed by atoms with van der Waals surface area (Å²) in [5.74, 6) is 0.